The molecule has 6 heteroatoms. The molecule has 2 heterocycles. The molecule has 0 unspecified atom stereocenters. The van der Waals surface area contributed by atoms with E-state index in [1.54, 1.807) is 26.0 Å². The van der Waals surface area contributed by atoms with E-state index in [0.29, 0.717) is 0 Å². The highest BCUT2D eigenvalue weighted by molar-refractivity contribution is 7.98. The van der Waals surface area contributed by atoms with E-state index in [9.17, 15) is 0 Å². The Morgan fingerprint density at radius 2 is 1.81 bits per heavy atom. The van der Waals surface area contributed by atoms with Crippen LogP contribution in [0.1, 0.15) is 35.4 Å². The van der Waals surface area contributed by atoms with E-state index in [4.69, 9.17) is 19.3 Å². The molecular formula is C25H24N2O3S. The van der Waals surface area contributed by atoms with Crippen molar-refractivity contribution in [3.63, 3.8) is 0 Å². The zero-order valence-corrected chi connectivity index (χ0v) is 18.6. The van der Waals surface area contributed by atoms with E-state index in [-0.39, 0.29) is 12.3 Å². The summed E-state index contributed by atoms with van der Waals surface area (Å²) in [6.45, 7) is 0. The van der Waals surface area contributed by atoms with Crippen LogP contribution in [0.3, 0.4) is 0 Å². The van der Waals surface area contributed by atoms with Gasteiger partial charge in [-0.3, -0.25) is 0 Å². The second-order valence-corrected chi connectivity index (χ2v) is 8.38. The van der Waals surface area contributed by atoms with Gasteiger partial charge in [0.1, 0.15) is 5.75 Å². The van der Waals surface area contributed by atoms with Crippen molar-refractivity contribution in [2.75, 3.05) is 20.5 Å². The van der Waals surface area contributed by atoms with Crippen molar-refractivity contribution >= 4 is 17.5 Å². The zero-order chi connectivity index (χ0) is 21.4. The van der Waals surface area contributed by atoms with Gasteiger partial charge in [-0.15, -0.1) is 11.8 Å². The van der Waals surface area contributed by atoms with Crippen molar-refractivity contribution in [1.29, 1.82) is 0 Å². The minimum absolute atomic E-state index is 0.0743. The fourth-order valence-corrected chi connectivity index (χ4v) is 4.62. The number of fused-ring (bicyclic) bond motifs is 3. The van der Waals surface area contributed by atoms with Crippen molar-refractivity contribution in [1.82, 2.24) is 5.01 Å². The Labute approximate surface area is 186 Å². The molecule has 0 N–H and O–H groups in total. The fraction of sp³-hybridized carbons (Fsp3) is 0.240. The Balaban J connectivity index is 1.59. The largest absolute Gasteiger partial charge is 0.497 e. The van der Waals surface area contributed by atoms with Crippen molar-refractivity contribution in [3.8, 4) is 17.2 Å². The lowest BCUT2D eigenvalue weighted by atomic mass is 9.95. The Morgan fingerprint density at radius 3 is 2.55 bits per heavy atom. The van der Waals surface area contributed by atoms with E-state index in [1.165, 1.54) is 4.90 Å². The number of methoxy groups -OCH3 is 2. The lowest BCUT2D eigenvalue weighted by molar-refractivity contribution is -0.0209. The Morgan fingerprint density at radius 1 is 1.00 bits per heavy atom. The van der Waals surface area contributed by atoms with Crippen LogP contribution in [0.2, 0.25) is 0 Å². The third-order valence-electron chi connectivity index (χ3n) is 5.80. The molecule has 0 bridgehead atoms. The Bertz CT molecular complexity index is 1130. The average molecular weight is 433 g/mol. The number of rotatable bonds is 5. The molecule has 5 nitrogen and oxygen atoms in total. The highest BCUT2D eigenvalue weighted by atomic mass is 32.2. The molecule has 0 fully saturated rings. The number of hydrogen-bond acceptors (Lipinski definition) is 6. The second kappa shape index (κ2) is 8.19. The van der Waals surface area contributed by atoms with Crippen molar-refractivity contribution < 1.29 is 14.2 Å². The van der Waals surface area contributed by atoms with Gasteiger partial charge in [0.2, 0.25) is 6.23 Å². The van der Waals surface area contributed by atoms with Crippen LogP contribution in [-0.4, -0.2) is 31.2 Å². The van der Waals surface area contributed by atoms with E-state index >= 15 is 0 Å². The molecule has 3 aromatic carbocycles. The SMILES string of the molecule is COc1cccc(C2=NN3[C@@H](c4ccc(SC)cc4)Oc4c(OC)cccc4[C@@H]3C2)c1. The molecule has 0 saturated heterocycles. The quantitative estimate of drug-likeness (QED) is 0.486. The number of thioether (sulfide) groups is 1. The molecule has 3 aromatic rings. The van der Waals surface area contributed by atoms with Crippen LogP contribution in [0.25, 0.3) is 0 Å². The Kier molecular flexibility index (Phi) is 5.24. The van der Waals surface area contributed by atoms with Crippen LogP contribution in [0.4, 0.5) is 0 Å². The summed E-state index contributed by atoms with van der Waals surface area (Å²) in [7, 11) is 3.37. The van der Waals surface area contributed by atoms with Crippen molar-refractivity contribution in [2.24, 2.45) is 5.10 Å². The monoisotopic (exact) mass is 432 g/mol. The van der Waals surface area contributed by atoms with Crippen LogP contribution in [0, 0.1) is 0 Å². The maximum absolute atomic E-state index is 6.52. The first-order valence-electron chi connectivity index (χ1n) is 10.2. The molecule has 0 aliphatic carbocycles. The summed E-state index contributed by atoms with van der Waals surface area (Å²) < 4.78 is 17.6. The van der Waals surface area contributed by atoms with E-state index < -0.39 is 0 Å². The van der Waals surface area contributed by atoms with Gasteiger partial charge >= 0.3 is 0 Å². The standard InChI is InChI=1S/C25H24N2O3S/c1-28-18-7-4-6-17(14-18)21-15-22-20-8-5-9-23(29-2)24(20)30-25(27(22)26-21)16-10-12-19(31-3)13-11-16/h4-14,22,25H,15H2,1-3H3/t22-,25+/m0/s1. The number of hydrazone groups is 1. The summed E-state index contributed by atoms with van der Waals surface area (Å²) in [6.07, 6.45) is 2.54. The van der Waals surface area contributed by atoms with Gasteiger partial charge in [-0.2, -0.15) is 5.10 Å². The molecule has 31 heavy (non-hydrogen) atoms. The predicted octanol–water partition coefficient (Wildman–Crippen LogP) is 5.67. The number of para-hydroxylation sites is 1. The third-order valence-corrected chi connectivity index (χ3v) is 6.55. The first-order chi connectivity index (χ1) is 15.2. The highest BCUT2D eigenvalue weighted by Gasteiger charge is 2.42. The van der Waals surface area contributed by atoms with Gasteiger partial charge in [-0.05, 0) is 36.6 Å². The van der Waals surface area contributed by atoms with Gasteiger partial charge < -0.3 is 14.2 Å². The molecular weight excluding hydrogens is 408 g/mol. The van der Waals surface area contributed by atoms with Crippen molar-refractivity contribution in [2.45, 2.75) is 23.6 Å². The van der Waals surface area contributed by atoms with Gasteiger partial charge in [-0.25, -0.2) is 5.01 Å². The molecule has 158 valence electrons. The number of nitrogens with zero attached hydrogens (tertiary/aromatic N) is 2. The van der Waals surface area contributed by atoms with Gasteiger partial charge in [0.05, 0.1) is 26.0 Å². The number of benzene rings is 3. The molecule has 2 atom stereocenters. The van der Waals surface area contributed by atoms with Crippen LogP contribution in [-0.2, 0) is 0 Å². The maximum atomic E-state index is 6.52. The predicted molar refractivity (Wildman–Crippen MR) is 123 cm³/mol. The molecule has 5 rings (SSSR count). The number of hydrogen-bond donors (Lipinski definition) is 0. The average Bonchev–Trinajstić information content (AvgIpc) is 3.29. The summed E-state index contributed by atoms with van der Waals surface area (Å²) in [5, 5.41) is 7.12. The highest BCUT2D eigenvalue weighted by Crippen LogP contribution is 2.50. The minimum Gasteiger partial charge on any atom is -0.497 e. The van der Waals surface area contributed by atoms with Crippen LogP contribution < -0.4 is 14.2 Å². The summed E-state index contributed by atoms with van der Waals surface area (Å²) in [5.41, 5.74) is 4.25. The first-order valence-corrected chi connectivity index (χ1v) is 11.4. The zero-order valence-electron chi connectivity index (χ0n) is 17.7. The maximum Gasteiger partial charge on any atom is 0.214 e. The smallest absolute Gasteiger partial charge is 0.214 e. The van der Waals surface area contributed by atoms with E-state index in [2.05, 4.69) is 47.7 Å². The molecule has 0 amide bonds. The van der Waals surface area contributed by atoms with Gasteiger partial charge in [0.15, 0.2) is 11.5 Å². The minimum atomic E-state index is -0.326. The first kappa shape index (κ1) is 19.8. The van der Waals surface area contributed by atoms with Gasteiger partial charge in [0, 0.05) is 28.0 Å². The molecule has 2 aliphatic heterocycles. The molecule has 2 aliphatic rings. The topological polar surface area (TPSA) is 43.3 Å². The summed E-state index contributed by atoms with van der Waals surface area (Å²) in [6, 6.07) is 22.7. The normalized spacial score (nSPS) is 19.2. The Hall–Kier alpha value is -3.12. The molecule has 0 aromatic heterocycles. The molecule has 0 spiro atoms. The van der Waals surface area contributed by atoms with Crippen LogP contribution in [0.15, 0.2) is 76.7 Å². The third kappa shape index (κ3) is 3.51. The summed E-state index contributed by atoms with van der Waals surface area (Å²) >= 11 is 1.73. The second-order valence-electron chi connectivity index (χ2n) is 7.50. The van der Waals surface area contributed by atoms with Crippen LogP contribution in [0.5, 0.6) is 17.2 Å². The fourth-order valence-electron chi connectivity index (χ4n) is 4.21. The lowest BCUT2D eigenvalue weighted by Crippen LogP contribution is -2.33. The molecule has 0 radical (unpaired) electrons. The molecule has 0 saturated carbocycles. The van der Waals surface area contributed by atoms with E-state index in [1.807, 2.05) is 30.3 Å². The van der Waals surface area contributed by atoms with E-state index in [0.717, 1.165) is 46.1 Å². The summed E-state index contributed by atoms with van der Waals surface area (Å²) in [5.74, 6) is 2.37. The number of ether oxygens (including phenoxy) is 3. The van der Waals surface area contributed by atoms with Crippen LogP contribution >= 0.6 is 11.8 Å². The van der Waals surface area contributed by atoms with Gasteiger partial charge in [-0.1, -0.05) is 36.4 Å². The lowest BCUT2D eigenvalue weighted by Gasteiger charge is -2.38. The van der Waals surface area contributed by atoms with Gasteiger partial charge in [0.25, 0.3) is 0 Å². The summed E-state index contributed by atoms with van der Waals surface area (Å²) in [4.78, 5) is 1.22. The van der Waals surface area contributed by atoms with Crippen molar-refractivity contribution in [3.05, 3.63) is 83.4 Å².